The SMILES string of the molecule is C=C(F)C(=O)O.Nc1nc(N)nc(N)n1. The van der Waals surface area contributed by atoms with Gasteiger partial charge in [0.05, 0.1) is 0 Å². The van der Waals surface area contributed by atoms with E-state index < -0.39 is 11.8 Å². The maximum Gasteiger partial charge on any atom is 0.364 e. The van der Waals surface area contributed by atoms with Crippen molar-refractivity contribution < 1.29 is 14.3 Å². The van der Waals surface area contributed by atoms with Crippen molar-refractivity contribution in [2.75, 3.05) is 17.2 Å². The van der Waals surface area contributed by atoms with Crippen LogP contribution >= 0.6 is 0 Å². The van der Waals surface area contributed by atoms with Gasteiger partial charge in [-0.3, -0.25) is 0 Å². The second-order valence-electron chi connectivity index (χ2n) is 2.12. The van der Waals surface area contributed by atoms with Gasteiger partial charge < -0.3 is 22.3 Å². The number of nitrogens with two attached hydrogens (primary N) is 3. The van der Waals surface area contributed by atoms with Crippen LogP contribution in [-0.2, 0) is 4.79 Å². The average Bonchev–Trinajstić information content (AvgIpc) is 2.01. The zero-order valence-corrected chi connectivity index (χ0v) is 7.51. The molecule has 0 unspecified atom stereocenters. The summed E-state index contributed by atoms with van der Waals surface area (Å²) in [6, 6.07) is 0. The van der Waals surface area contributed by atoms with Gasteiger partial charge >= 0.3 is 5.97 Å². The Bertz CT molecular complexity index is 319. The summed E-state index contributed by atoms with van der Waals surface area (Å²) in [6.45, 7) is 2.49. The summed E-state index contributed by atoms with van der Waals surface area (Å²) in [4.78, 5) is 19.7. The molecule has 7 N–H and O–H groups in total. The topological polar surface area (TPSA) is 154 Å². The zero-order valence-electron chi connectivity index (χ0n) is 7.51. The second-order valence-corrected chi connectivity index (χ2v) is 2.12. The summed E-state index contributed by atoms with van der Waals surface area (Å²) in [5, 5.41) is 7.52. The summed E-state index contributed by atoms with van der Waals surface area (Å²) in [5.74, 6) is -2.80. The summed E-state index contributed by atoms with van der Waals surface area (Å²) in [5.41, 5.74) is 15.4. The lowest BCUT2D eigenvalue weighted by molar-refractivity contribution is -0.134. The molecule has 0 aliphatic heterocycles. The van der Waals surface area contributed by atoms with Crippen molar-refractivity contribution in [2.45, 2.75) is 0 Å². The minimum absolute atomic E-state index is 0.0417. The molecule has 0 fully saturated rings. The molecule has 1 heterocycles. The Morgan fingerprint density at radius 3 is 1.47 bits per heavy atom. The molecule has 0 bridgehead atoms. The minimum Gasteiger partial charge on any atom is -0.476 e. The van der Waals surface area contributed by atoms with E-state index in [0.29, 0.717) is 0 Å². The van der Waals surface area contributed by atoms with E-state index in [2.05, 4.69) is 21.5 Å². The van der Waals surface area contributed by atoms with Crippen LogP contribution in [0.15, 0.2) is 12.4 Å². The van der Waals surface area contributed by atoms with E-state index in [1.807, 2.05) is 0 Å². The fourth-order valence-electron chi connectivity index (χ4n) is 0.427. The van der Waals surface area contributed by atoms with Gasteiger partial charge in [-0.2, -0.15) is 19.3 Å². The van der Waals surface area contributed by atoms with E-state index in [4.69, 9.17) is 22.3 Å². The van der Waals surface area contributed by atoms with Gasteiger partial charge in [-0.25, -0.2) is 4.79 Å². The normalized spacial score (nSPS) is 8.60. The first-order chi connectivity index (χ1) is 6.82. The van der Waals surface area contributed by atoms with Gasteiger partial charge in [-0.05, 0) is 0 Å². The first-order valence-corrected chi connectivity index (χ1v) is 3.43. The Balaban J connectivity index is 0.000000288. The summed E-state index contributed by atoms with van der Waals surface area (Å²) in [7, 11) is 0. The van der Waals surface area contributed by atoms with E-state index in [9.17, 15) is 9.18 Å². The predicted molar refractivity (Wildman–Crippen MR) is 50.9 cm³/mol. The highest BCUT2D eigenvalue weighted by molar-refractivity contribution is 5.82. The van der Waals surface area contributed by atoms with Gasteiger partial charge in [0.1, 0.15) is 0 Å². The molecule has 1 rings (SSSR count). The number of rotatable bonds is 1. The lowest BCUT2D eigenvalue weighted by Gasteiger charge is -1.93. The van der Waals surface area contributed by atoms with Crippen LogP contribution in [0, 0.1) is 0 Å². The predicted octanol–water partition coefficient (Wildman–Crippen LogP) is -0.828. The molecular formula is C6H9FN6O2. The number of anilines is 3. The molecular weight excluding hydrogens is 207 g/mol. The van der Waals surface area contributed by atoms with Crippen molar-refractivity contribution in [3.8, 4) is 0 Å². The molecule has 0 radical (unpaired) electrons. The summed E-state index contributed by atoms with van der Waals surface area (Å²) < 4.78 is 11.0. The first kappa shape index (κ1) is 12.6. The Labute approximate surface area is 83.6 Å². The van der Waals surface area contributed by atoms with E-state index in [1.165, 1.54) is 0 Å². The molecule has 1 aromatic heterocycles. The van der Waals surface area contributed by atoms with Gasteiger partial charge in [-0.1, -0.05) is 6.58 Å². The number of carboxylic acids is 1. The molecule has 0 amide bonds. The fourth-order valence-corrected chi connectivity index (χ4v) is 0.427. The Kier molecular flexibility index (Phi) is 4.45. The number of aromatic nitrogens is 3. The highest BCUT2D eigenvalue weighted by Gasteiger charge is 1.96. The van der Waals surface area contributed by atoms with Crippen LogP contribution < -0.4 is 17.2 Å². The molecule has 0 aliphatic carbocycles. The number of nitrogens with zero attached hydrogens (tertiary/aromatic N) is 3. The quantitative estimate of drug-likeness (QED) is 0.443. The van der Waals surface area contributed by atoms with Crippen LogP contribution in [0.5, 0.6) is 0 Å². The number of carbonyl (C=O) groups is 1. The van der Waals surface area contributed by atoms with E-state index >= 15 is 0 Å². The first-order valence-electron chi connectivity index (χ1n) is 3.43. The van der Waals surface area contributed by atoms with Gasteiger partial charge in [-0.15, -0.1) is 0 Å². The van der Waals surface area contributed by atoms with Gasteiger partial charge in [0.2, 0.25) is 23.7 Å². The number of aliphatic carboxylic acids is 1. The zero-order chi connectivity index (χ0) is 12.0. The highest BCUT2D eigenvalue weighted by Crippen LogP contribution is 1.97. The number of hydrogen-bond acceptors (Lipinski definition) is 7. The molecule has 0 aromatic carbocycles. The number of nitrogen functional groups attached to an aromatic ring is 3. The average molecular weight is 216 g/mol. The smallest absolute Gasteiger partial charge is 0.364 e. The van der Waals surface area contributed by atoms with E-state index in [-0.39, 0.29) is 17.8 Å². The lowest BCUT2D eigenvalue weighted by atomic mass is 10.6. The number of halogens is 1. The largest absolute Gasteiger partial charge is 0.476 e. The maximum atomic E-state index is 11.0. The van der Waals surface area contributed by atoms with Crippen LogP contribution in [0.4, 0.5) is 22.2 Å². The molecule has 8 nitrogen and oxygen atoms in total. The highest BCUT2D eigenvalue weighted by atomic mass is 19.1. The standard InChI is InChI=1S/C3H3FO2.C3H6N6/c1-2(4)3(5)6;4-1-7-2(5)9-3(6)8-1/h1H2,(H,5,6);(H6,4,5,6,7,8,9). The van der Waals surface area contributed by atoms with Gasteiger partial charge in [0.25, 0.3) is 0 Å². The Hall–Kier alpha value is -2.45. The van der Waals surface area contributed by atoms with Crippen molar-refractivity contribution in [1.29, 1.82) is 0 Å². The third kappa shape index (κ3) is 5.74. The molecule has 0 saturated carbocycles. The number of carboxylic acid groups (broad SMARTS) is 1. The number of hydrogen-bond donors (Lipinski definition) is 4. The van der Waals surface area contributed by atoms with Crippen LogP contribution in [-0.4, -0.2) is 26.0 Å². The second kappa shape index (κ2) is 5.32. The van der Waals surface area contributed by atoms with Crippen molar-refractivity contribution in [1.82, 2.24) is 15.0 Å². The molecule has 82 valence electrons. The Morgan fingerprint density at radius 2 is 1.33 bits per heavy atom. The molecule has 9 heteroatoms. The van der Waals surface area contributed by atoms with Crippen molar-refractivity contribution >= 4 is 23.8 Å². The van der Waals surface area contributed by atoms with Gasteiger partial charge in [0, 0.05) is 0 Å². The molecule has 0 saturated heterocycles. The molecule has 0 aliphatic rings. The molecule has 0 spiro atoms. The molecule has 15 heavy (non-hydrogen) atoms. The molecule has 1 aromatic rings. The van der Waals surface area contributed by atoms with Crippen molar-refractivity contribution in [2.24, 2.45) is 0 Å². The lowest BCUT2D eigenvalue weighted by Crippen LogP contribution is -2.05. The van der Waals surface area contributed by atoms with Crippen LogP contribution in [0.25, 0.3) is 0 Å². The summed E-state index contributed by atoms with van der Waals surface area (Å²) >= 11 is 0. The molecule has 0 atom stereocenters. The van der Waals surface area contributed by atoms with E-state index in [1.54, 1.807) is 0 Å². The van der Waals surface area contributed by atoms with E-state index in [0.717, 1.165) is 0 Å². The Morgan fingerprint density at radius 1 is 1.13 bits per heavy atom. The van der Waals surface area contributed by atoms with Crippen molar-refractivity contribution in [3.05, 3.63) is 12.4 Å². The van der Waals surface area contributed by atoms with Gasteiger partial charge in [0.15, 0.2) is 0 Å². The monoisotopic (exact) mass is 216 g/mol. The fraction of sp³-hybridized carbons (Fsp3) is 0. The third-order valence-corrected chi connectivity index (χ3v) is 0.919. The maximum absolute atomic E-state index is 11.0. The summed E-state index contributed by atoms with van der Waals surface area (Å²) in [6.07, 6.45) is 0. The van der Waals surface area contributed by atoms with Crippen LogP contribution in [0.1, 0.15) is 0 Å². The third-order valence-electron chi connectivity index (χ3n) is 0.919. The van der Waals surface area contributed by atoms with Crippen LogP contribution in [0.3, 0.4) is 0 Å². The van der Waals surface area contributed by atoms with Crippen molar-refractivity contribution in [3.63, 3.8) is 0 Å². The minimum atomic E-state index is -1.60. The van der Waals surface area contributed by atoms with Crippen LogP contribution in [0.2, 0.25) is 0 Å².